The number of nitrogens with zero attached hydrogens (tertiary/aromatic N) is 3. The van der Waals surface area contributed by atoms with E-state index in [2.05, 4.69) is 30.6 Å². The molecule has 2 heterocycles. The molecule has 7 nitrogen and oxygen atoms in total. The number of carbonyl (C=O) groups excluding carboxylic acids is 1. The van der Waals surface area contributed by atoms with Crippen molar-refractivity contribution < 1.29 is 4.79 Å². The number of fused-ring (bicyclic) bond motifs is 1. The maximum absolute atomic E-state index is 12.6. The second-order valence-electron chi connectivity index (χ2n) is 7.82. The molecule has 0 radical (unpaired) electrons. The molecular formula is C26H25ClN6O. The number of guanidine groups is 1. The molecule has 0 aliphatic carbocycles. The van der Waals surface area contributed by atoms with E-state index in [9.17, 15) is 4.79 Å². The topological polar surface area (TPSA) is 95.1 Å². The predicted molar refractivity (Wildman–Crippen MR) is 138 cm³/mol. The van der Waals surface area contributed by atoms with Crippen LogP contribution in [0.5, 0.6) is 0 Å². The van der Waals surface area contributed by atoms with Gasteiger partial charge in [-0.2, -0.15) is 0 Å². The molecule has 172 valence electrons. The Morgan fingerprint density at radius 2 is 1.85 bits per heavy atom. The van der Waals surface area contributed by atoms with Crippen LogP contribution < -0.4 is 10.6 Å². The summed E-state index contributed by atoms with van der Waals surface area (Å²) < 4.78 is 0. The number of hydrogen-bond donors (Lipinski definition) is 3. The van der Waals surface area contributed by atoms with Gasteiger partial charge in [0, 0.05) is 46.1 Å². The molecule has 4 aromatic rings. The highest BCUT2D eigenvalue weighted by Gasteiger charge is 2.09. The van der Waals surface area contributed by atoms with Crippen molar-refractivity contribution in [1.82, 2.24) is 20.3 Å². The van der Waals surface area contributed by atoms with Gasteiger partial charge in [-0.05, 0) is 61.7 Å². The van der Waals surface area contributed by atoms with Gasteiger partial charge in [-0.3, -0.25) is 20.4 Å². The molecule has 0 spiro atoms. The number of hydrogen-bond acceptors (Lipinski definition) is 4. The van der Waals surface area contributed by atoms with Crippen molar-refractivity contribution in [3.63, 3.8) is 0 Å². The predicted octanol–water partition coefficient (Wildman–Crippen LogP) is 5.07. The monoisotopic (exact) mass is 472 g/mol. The zero-order valence-corrected chi connectivity index (χ0v) is 19.7. The minimum Gasteiger partial charge on any atom is -0.361 e. The number of amides is 1. The Morgan fingerprint density at radius 3 is 2.62 bits per heavy atom. The average molecular weight is 473 g/mol. The van der Waals surface area contributed by atoms with Gasteiger partial charge >= 0.3 is 0 Å². The standard InChI is InChI=1S/C26H25ClN6O/c1-17-14-18(2)31-26(30-17)33-25(32-24(34)11-8-19-6-4-3-5-7-19)28-13-12-20-16-29-23-10-9-21(27)15-22(20)23/h3-11,14-16,29H,12-13H2,1-2H3,(H2,28,30,31,32,33,34). The molecule has 0 aliphatic heterocycles. The van der Waals surface area contributed by atoms with Gasteiger partial charge in [-0.15, -0.1) is 0 Å². The fourth-order valence-corrected chi connectivity index (χ4v) is 3.71. The lowest BCUT2D eigenvalue weighted by atomic mass is 10.1. The zero-order chi connectivity index (χ0) is 23.9. The van der Waals surface area contributed by atoms with Crippen molar-refractivity contribution >= 4 is 46.4 Å². The Balaban J connectivity index is 1.50. The van der Waals surface area contributed by atoms with Gasteiger partial charge in [-0.25, -0.2) is 9.97 Å². The van der Waals surface area contributed by atoms with Crippen LogP contribution in [0, 0.1) is 13.8 Å². The van der Waals surface area contributed by atoms with E-state index in [1.54, 1.807) is 6.08 Å². The lowest BCUT2D eigenvalue weighted by molar-refractivity contribution is -0.115. The Labute approximate surface area is 203 Å². The van der Waals surface area contributed by atoms with E-state index in [0.717, 1.165) is 33.4 Å². The minimum absolute atomic E-state index is 0.283. The summed E-state index contributed by atoms with van der Waals surface area (Å²) in [6.07, 6.45) is 5.83. The first-order chi connectivity index (χ1) is 16.5. The summed E-state index contributed by atoms with van der Waals surface area (Å²) in [5, 5.41) is 7.60. The Hall–Kier alpha value is -3.97. The van der Waals surface area contributed by atoms with Crippen LogP contribution in [0.3, 0.4) is 0 Å². The van der Waals surface area contributed by atoms with Crippen molar-refractivity contribution in [2.24, 2.45) is 4.99 Å². The molecule has 1 amide bonds. The number of benzene rings is 2. The molecule has 2 aromatic heterocycles. The fourth-order valence-electron chi connectivity index (χ4n) is 3.54. The summed E-state index contributed by atoms with van der Waals surface area (Å²) in [5.74, 6) is 0.353. The van der Waals surface area contributed by atoms with E-state index < -0.39 is 0 Å². The number of rotatable bonds is 6. The maximum Gasteiger partial charge on any atom is 0.250 e. The number of nitrogens with one attached hydrogen (secondary N) is 3. The molecular weight excluding hydrogens is 448 g/mol. The third kappa shape index (κ3) is 6.30. The van der Waals surface area contributed by atoms with Crippen LogP contribution in [0.1, 0.15) is 22.5 Å². The molecule has 34 heavy (non-hydrogen) atoms. The number of H-pyrrole nitrogens is 1. The molecule has 0 fully saturated rings. The highest BCUT2D eigenvalue weighted by Crippen LogP contribution is 2.22. The summed E-state index contributed by atoms with van der Waals surface area (Å²) in [7, 11) is 0. The average Bonchev–Trinajstić information content (AvgIpc) is 3.19. The van der Waals surface area contributed by atoms with Crippen LogP contribution in [0.25, 0.3) is 17.0 Å². The van der Waals surface area contributed by atoms with Gasteiger partial charge < -0.3 is 4.98 Å². The Bertz CT molecular complexity index is 1340. The van der Waals surface area contributed by atoms with E-state index in [1.807, 2.05) is 74.6 Å². The number of carbonyl (C=O) groups is 1. The Morgan fingerprint density at radius 1 is 1.09 bits per heavy atom. The number of aromatic nitrogens is 3. The molecule has 4 rings (SSSR count). The molecule has 0 saturated heterocycles. The van der Waals surface area contributed by atoms with Crippen molar-refractivity contribution in [2.75, 3.05) is 11.9 Å². The van der Waals surface area contributed by atoms with E-state index >= 15 is 0 Å². The van der Waals surface area contributed by atoms with Crippen LogP contribution in [0.15, 0.2) is 71.9 Å². The first-order valence-electron chi connectivity index (χ1n) is 10.9. The fraction of sp³-hybridized carbons (Fsp3) is 0.154. The van der Waals surface area contributed by atoms with Gasteiger partial charge in [0.05, 0.1) is 0 Å². The Kier molecular flexibility index (Phi) is 7.34. The summed E-state index contributed by atoms with van der Waals surface area (Å²) >= 11 is 6.16. The smallest absolute Gasteiger partial charge is 0.250 e. The van der Waals surface area contributed by atoms with Gasteiger partial charge in [0.25, 0.3) is 5.91 Å². The molecule has 2 aromatic carbocycles. The van der Waals surface area contributed by atoms with Crippen LogP contribution in [0.2, 0.25) is 5.02 Å². The third-order valence-corrected chi connectivity index (χ3v) is 5.30. The van der Waals surface area contributed by atoms with Crippen LogP contribution in [0.4, 0.5) is 5.95 Å². The number of aromatic amines is 1. The largest absolute Gasteiger partial charge is 0.361 e. The third-order valence-electron chi connectivity index (χ3n) is 5.06. The summed E-state index contributed by atoms with van der Waals surface area (Å²) in [4.78, 5) is 29.2. The number of halogens is 1. The second-order valence-corrected chi connectivity index (χ2v) is 8.25. The quantitative estimate of drug-likeness (QED) is 0.207. The van der Waals surface area contributed by atoms with Gasteiger partial charge in [0.15, 0.2) is 0 Å². The highest BCUT2D eigenvalue weighted by molar-refractivity contribution is 6.31. The van der Waals surface area contributed by atoms with Crippen LogP contribution >= 0.6 is 11.6 Å². The molecule has 3 N–H and O–H groups in total. The van der Waals surface area contributed by atoms with Gasteiger partial charge in [0.2, 0.25) is 11.9 Å². The van der Waals surface area contributed by atoms with Crippen molar-refractivity contribution in [2.45, 2.75) is 20.3 Å². The van der Waals surface area contributed by atoms with E-state index in [1.165, 1.54) is 6.08 Å². The summed E-state index contributed by atoms with van der Waals surface area (Å²) in [6.45, 7) is 4.22. The molecule has 0 saturated carbocycles. The van der Waals surface area contributed by atoms with Gasteiger partial charge in [-0.1, -0.05) is 41.9 Å². The molecule has 0 unspecified atom stereocenters. The first-order valence-corrected chi connectivity index (χ1v) is 11.3. The molecule has 0 atom stereocenters. The lowest BCUT2D eigenvalue weighted by Crippen LogP contribution is -2.35. The lowest BCUT2D eigenvalue weighted by Gasteiger charge is -2.10. The number of aliphatic imine (C=N–C) groups is 1. The maximum atomic E-state index is 12.6. The van der Waals surface area contributed by atoms with E-state index in [0.29, 0.717) is 23.9 Å². The van der Waals surface area contributed by atoms with E-state index in [4.69, 9.17) is 11.6 Å². The van der Waals surface area contributed by atoms with E-state index in [-0.39, 0.29) is 11.9 Å². The zero-order valence-electron chi connectivity index (χ0n) is 19.0. The minimum atomic E-state index is -0.307. The van der Waals surface area contributed by atoms with Crippen molar-refractivity contribution in [3.05, 3.63) is 94.4 Å². The van der Waals surface area contributed by atoms with Gasteiger partial charge in [0.1, 0.15) is 0 Å². The highest BCUT2D eigenvalue weighted by atomic mass is 35.5. The van der Waals surface area contributed by atoms with Crippen LogP contribution in [-0.4, -0.2) is 33.4 Å². The second kappa shape index (κ2) is 10.8. The first kappa shape index (κ1) is 23.2. The summed E-state index contributed by atoms with van der Waals surface area (Å²) in [6, 6.07) is 17.2. The molecule has 8 heteroatoms. The normalized spacial score (nSPS) is 11.8. The number of anilines is 1. The van der Waals surface area contributed by atoms with Crippen molar-refractivity contribution in [1.29, 1.82) is 0 Å². The molecule has 0 aliphatic rings. The molecule has 0 bridgehead atoms. The van der Waals surface area contributed by atoms with Crippen LogP contribution in [-0.2, 0) is 11.2 Å². The summed E-state index contributed by atoms with van der Waals surface area (Å²) in [5.41, 5.74) is 4.68. The number of aryl methyl sites for hydroxylation is 2. The SMILES string of the molecule is Cc1cc(C)nc(NC(=NCCc2c[nH]c3ccc(Cl)cc23)NC(=O)C=Cc2ccccc2)n1. The van der Waals surface area contributed by atoms with Crippen molar-refractivity contribution in [3.8, 4) is 0 Å².